The first-order valence-electron chi connectivity index (χ1n) is 6.23. The molecule has 1 aromatic carbocycles. The van der Waals surface area contributed by atoms with Gasteiger partial charge in [0, 0.05) is 5.56 Å². The number of nitrogens with zero attached hydrogens (tertiary/aromatic N) is 1. The van der Waals surface area contributed by atoms with Crippen LogP contribution in [0.2, 0.25) is 0 Å². The third kappa shape index (κ3) is 5.04. The van der Waals surface area contributed by atoms with E-state index in [4.69, 9.17) is 4.84 Å². The van der Waals surface area contributed by atoms with E-state index in [1.54, 1.807) is 0 Å². The fraction of sp³-hybridized carbons (Fsp3) is 0.400. The Morgan fingerprint density at radius 2 is 2.00 bits per heavy atom. The molecule has 3 nitrogen and oxygen atoms in total. The molecule has 0 radical (unpaired) electrons. The zero-order chi connectivity index (χ0) is 13.6. The number of quaternary nitrogens is 1. The lowest BCUT2D eigenvalue weighted by Gasteiger charge is -2.35. The molecule has 106 valence electrons. The molecular weight excluding hydrogens is 353 g/mol. The molecule has 0 saturated carbocycles. The van der Waals surface area contributed by atoms with Gasteiger partial charge in [-0.05, 0) is 19.9 Å². The van der Waals surface area contributed by atoms with E-state index in [9.17, 15) is 4.79 Å². The first-order valence-corrected chi connectivity index (χ1v) is 6.23. The molecule has 1 rings (SSSR count). The van der Waals surface area contributed by atoms with Gasteiger partial charge in [-0.1, -0.05) is 36.9 Å². The first-order chi connectivity index (χ1) is 8.53. The van der Waals surface area contributed by atoms with Crippen LogP contribution in [0.25, 0.3) is 0 Å². The number of rotatable bonds is 7. The summed E-state index contributed by atoms with van der Waals surface area (Å²) in [6, 6.07) is 9.79. The molecular formula is C15H22INO2. The Morgan fingerprint density at radius 3 is 2.47 bits per heavy atom. The van der Waals surface area contributed by atoms with Gasteiger partial charge in [0.1, 0.15) is 13.2 Å². The Labute approximate surface area is 132 Å². The van der Waals surface area contributed by atoms with Gasteiger partial charge in [0.2, 0.25) is 5.78 Å². The van der Waals surface area contributed by atoms with Crippen LogP contribution in [0.1, 0.15) is 19.4 Å². The van der Waals surface area contributed by atoms with Crippen molar-refractivity contribution in [2.75, 3.05) is 13.7 Å². The number of ketones is 1. The number of carbonyl (C=O) groups is 1. The second kappa shape index (κ2) is 8.45. The van der Waals surface area contributed by atoms with Crippen LogP contribution in [-0.4, -0.2) is 30.1 Å². The summed E-state index contributed by atoms with van der Waals surface area (Å²) in [5.41, 5.74) is 1.15. The van der Waals surface area contributed by atoms with Crippen LogP contribution in [0.4, 0.5) is 0 Å². The van der Waals surface area contributed by atoms with Gasteiger partial charge in [-0.15, -0.1) is 0 Å². The molecule has 0 bridgehead atoms. The second-order valence-corrected chi connectivity index (χ2v) is 4.52. The molecule has 0 heterocycles. The number of hydrogen-bond acceptors (Lipinski definition) is 2. The van der Waals surface area contributed by atoms with Crippen molar-refractivity contribution in [1.82, 2.24) is 0 Å². The summed E-state index contributed by atoms with van der Waals surface area (Å²) >= 11 is 0. The molecule has 2 unspecified atom stereocenters. The monoisotopic (exact) mass is 375 g/mol. The van der Waals surface area contributed by atoms with Crippen LogP contribution in [0, 0.1) is 0 Å². The number of likely N-dealkylation sites (N-methyl/N-ethyl adjacent to an activating group) is 1. The Kier molecular flexibility index (Phi) is 8.13. The quantitative estimate of drug-likeness (QED) is 0.284. The van der Waals surface area contributed by atoms with Gasteiger partial charge in [0.15, 0.2) is 6.04 Å². The SMILES string of the molecule is C=CC(=O)C(C)[N+](C)(Cc1ccccc1)OCC.[I-]. The number of halogens is 1. The highest BCUT2D eigenvalue weighted by Crippen LogP contribution is 2.18. The molecule has 0 amide bonds. The highest BCUT2D eigenvalue weighted by atomic mass is 127. The number of benzene rings is 1. The fourth-order valence-corrected chi connectivity index (χ4v) is 1.97. The van der Waals surface area contributed by atoms with Gasteiger partial charge < -0.3 is 24.0 Å². The molecule has 19 heavy (non-hydrogen) atoms. The highest BCUT2D eigenvalue weighted by molar-refractivity contribution is 5.92. The molecule has 2 atom stereocenters. The molecule has 1 aromatic rings. The molecule has 0 aliphatic rings. The highest BCUT2D eigenvalue weighted by Gasteiger charge is 2.35. The molecule has 0 aliphatic carbocycles. The van der Waals surface area contributed by atoms with E-state index >= 15 is 0 Å². The van der Waals surface area contributed by atoms with Gasteiger partial charge in [-0.25, -0.2) is 4.84 Å². The van der Waals surface area contributed by atoms with Crippen LogP contribution >= 0.6 is 0 Å². The lowest BCUT2D eigenvalue weighted by molar-refractivity contribution is -1.11. The first kappa shape index (κ1) is 18.3. The van der Waals surface area contributed by atoms with Crippen molar-refractivity contribution in [3.8, 4) is 0 Å². The normalized spacial score (nSPS) is 14.9. The standard InChI is InChI=1S/C15H22NO2.HI/c1-5-15(17)13(3)16(4,18-6-2)12-14-10-8-7-9-11-14;/h5,7-11,13H,1,6,12H2,2-4H3;1H/q+1;/p-1. The summed E-state index contributed by atoms with van der Waals surface area (Å²) < 4.78 is 0.241. The number of hydroxylamine groups is 3. The van der Waals surface area contributed by atoms with E-state index in [0.29, 0.717) is 13.2 Å². The van der Waals surface area contributed by atoms with Crippen LogP contribution in [0.5, 0.6) is 0 Å². The van der Waals surface area contributed by atoms with Gasteiger partial charge in [-0.3, -0.25) is 4.79 Å². The summed E-state index contributed by atoms with van der Waals surface area (Å²) in [7, 11) is 1.93. The maximum Gasteiger partial charge on any atom is 0.214 e. The van der Waals surface area contributed by atoms with Crippen LogP contribution in [-0.2, 0) is 16.2 Å². The smallest absolute Gasteiger partial charge is 0.214 e. The Balaban J connectivity index is 0.00000324. The fourth-order valence-electron chi connectivity index (χ4n) is 1.97. The van der Waals surface area contributed by atoms with E-state index in [-0.39, 0.29) is 40.4 Å². The van der Waals surface area contributed by atoms with E-state index in [2.05, 4.69) is 6.58 Å². The molecule has 0 aliphatic heterocycles. The van der Waals surface area contributed by atoms with Crippen LogP contribution in [0.15, 0.2) is 43.0 Å². The van der Waals surface area contributed by atoms with Crippen molar-refractivity contribution in [1.29, 1.82) is 0 Å². The summed E-state index contributed by atoms with van der Waals surface area (Å²) in [5, 5.41) is 0. The minimum absolute atomic E-state index is 0. The molecule has 0 spiro atoms. The summed E-state index contributed by atoms with van der Waals surface area (Å²) in [6.07, 6.45) is 1.37. The second-order valence-electron chi connectivity index (χ2n) is 4.52. The van der Waals surface area contributed by atoms with Crippen molar-refractivity contribution in [3.05, 3.63) is 48.6 Å². The molecule has 0 N–H and O–H groups in total. The predicted molar refractivity (Wildman–Crippen MR) is 72.6 cm³/mol. The number of carbonyl (C=O) groups excluding carboxylic acids is 1. The maximum atomic E-state index is 11.8. The van der Waals surface area contributed by atoms with E-state index in [1.807, 2.05) is 51.2 Å². The van der Waals surface area contributed by atoms with Gasteiger partial charge in [0.25, 0.3) is 0 Å². The molecule has 4 heteroatoms. The van der Waals surface area contributed by atoms with Crippen molar-refractivity contribution in [2.45, 2.75) is 26.4 Å². The minimum atomic E-state index is -0.261. The summed E-state index contributed by atoms with van der Waals surface area (Å²) in [6.45, 7) is 8.59. The lowest BCUT2D eigenvalue weighted by Crippen LogP contribution is -3.00. The topological polar surface area (TPSA) is 26.3 Å². The minimum Gasteiger partial charge on any atom is -1.00 e. The average molecular weight is 375 g/mol. The zero-order valence-electron chi connectivity index (χ0n) is 11.8. The van der Waals surface area contributed by atoms with Crippen molar-refractivity contribution in [3.63, 3.8) is 0 Å². The Bertz CT molecular complexity index is 408. The van der Waals surface area contributed by atoms with Crippen LogP contribution < -0.4 is 24.0 Å². The molecule has 0 saturated heterocycles. The third-order valence-electron chi connectivity index (χ3n) is 3.20. The average Bonchev–Trinajstić information content (AvgIpc) is 2.38. The third-order valence-corrected chi connectivity index (χ3v) is 3.20. The van der Waals surface area contributed by atoms with E-state index < -0.39 is 0 Å². The zero-order valence-corrected chi connectivity index (χ0v) is 14.0. The maximum absolute atomic E-state index is 11.8. The molecule has 0 fully saturated rings. The Morgan fingerprint density at radius 1 is 1.42 bits per heavy atom. The predicted octanol–water partition coefficient (Wildman–Crippen LogP) is -0.268. The van der Waals surface area contributed by atoms with E-state index in [1.165, 1.54) is 6.08 Å². The lowest BCUT2D eigenvalue weighted by atomic mass is 10.1. The number of hydrogen-bond donors (Lipinski definition) is 0. The van der Waals surface area contributed by atoms with Gasteiger partial charge in [-0.2, -0.15) is 4.65 Å². The largest absolute Gasteiger partial charge is 1.00 e. The van der Waals surface area contributed by atoms with Crippen molar-refractivity contribution >= 4 is 5.78 Å². The van der Waals surface area contributed by atoms with Gasteiger partial charge >= 0.3 is 0 Å². The molecule has 0 aromatic heterocycles. The van der Waals surface area contributed by atoms with E-state index in [0.717, 1.165) is 5.56 Å². The van der Waals surface area contributed by atoms with Crippen molar-refractivity contribution < 1.29 is 38.3 Å². The summed E-state index contributed by atoms with van der Waals surface area (Å²) in [5.74, 6) is 0.00174. The Hall–Kier alpha value is -0.720. The van der Waals surface area contributed by atoms with Crippen molar-refractivity contribution in [2.24, 2.45) is 0 Å². The summed E-state index contributed by atoms with van der Waals surface area (Å²) in [4.78, 5) is 17.6. The van der Waals surface area contributed by atoms with Gasteiger partial charge in [0.05, 0.1) is 7.05 Å². The van der Waals surface area contributed by atoms with Crippen LogP contribution in [0.3, 0.4) is 0 Å².